The van der Waals surface area contributed by atoms with Crippen molar-refractivity contribution in [2.45, 2.75) is 40.0 Å². The van der Waals surface area contributed by atoms with Gasteiger partial charge in [-0.3, -0.25) is 14.5 Å². The van der Waals surface area contributed by atoms with Gasteiger partial charge in [0.2, 0.25) is 0 Å². The van der Waals surface area contributed by atoms with Crippen molar-refractivity contribution < 1.29 is 14.7 Å². The lowest BCUT2D eigenvalue weighted by molar-refractivity contribution is -0.137. The molecule has 1 N–H and O–H groups in total. The highest BCUT2D eigenvalue weighted by Gasteiger charge is 2.31. The zero-order valence-electron chi connectivity index (χ0n) is 11.4. The van der Waals surface area contributed by atoms with E-state index in [0.29, 0.717) is 22.2 Å². The molecule has 106 valence electrons. The van der Waals surface area contributed by atoms with E-state index in [1.807, 2.05) is 6.08 Å². The van der Waals surface area contributed by atoms with Crippen LogP contribution in [0.2, 0.25) is 0 Å². The minimum Gasteiger partial charge on any atom is -0.481 e. The topological polar surface area (TPSA) is 57.6 Å². The molecule has 0 radical (unpaired) electrons. The van der Waals surface area contributed by atoms with Gasteiger partial charge in [0.25, 0.3) is 5.91 Å². The highest BCUT2D eigenvalue weighted by molar-refractivity contribution is 8.26. The van der Waals surface area contributed by atoms with Gasteiger partial charge in [0.05, 0.1) is 4.91 Å². The first-order chi connectivity index (χ1) is 8.70. The van der Waals surface area contributed by atoms with Crippen LogP contribution in [0.15, 0.2) is 11.0 Å². The third-order valence-electron chi connectivity index (χ3n) is 2.55. The fraction of sp³-hybridized carbons (Fsp3) is 0.615. The fourth-order valence-corrected chi connectivity index (χ4v) is 2.80. The molecule has 0 unspecified atom stereocenters. The molecule has 1 fully saturated rings. The van der Waals surface area contributed by atoms with Gasteiger partial charge >= 0.3 is 5.97 Å². The number of rotatable bonds is 5. The van der Waals surface area contributed by atoms with E-state index in [1.54, 1.807) is 0 Å². The van der Waals surface area contributed by atoms with Crippen molar-refractivity contribution in [3.05, 3.63) is 11.0 Å². The number of carbonyl (C=O) groups is 2. The van der Waals surface area contributed by atoms with E-state index in [9.17, 15) is 9.59 Å². The molecule has 0 aromatic heterocycles. The van der Waals surface area contributed by atoms with E-state index < -0.39 is 5.97 Å². The van der Waals surface area contributed by atoms with Crippen LogP contribution in [0.5, 0.6) is 0 Å². The summed E-state index contributed by atoms with van der Waals surface area (Å²) in [5.74, 6) is -0.946. The molecule has 4 nitrogen and oxygen atoms in total. The SMILES string of the molecule is CC(C)(C)C/C=C1\SC(=S)N(CCCC(=O)O)C1=O. The second kappa shape index (κ2) is 6.52. The van der Waals surface area contributed by atoms with Crippen LogP contribution in [-0.4, -0.2) is 32.7 Å². The smallest absolute Gasteiger partial charge is 0.303 e. The van der Waals surface area contributed by atoms with Gasteiger partial charge in [0.1, 0.15) is 4.32 Å². The number of amides is 1. The van der Waals surface area contributed by atoms with Crippen molar-refractivity contribution in [2.75, 3.05) is 6.54 Å². The van der Waals surface area contributed by atoms with Gasteiger partial charge in [-0.25, -0.2) is 0 Å². The third kappa shape index (κ3) is 5.32. The number of nitrogens with zero attached hydrogens (tertiary/aromatic N) is 1. The van der Waals surface area contributed by atoms with Gasteiger partial charge in [0, 0.05) is 13.0 Å². The quantitative estimate of drug-likeness (QED) is 0.625. The van der Waals surface area contributed by atoms with E-state index in [4.69, 9.17) is 17.3 Å². The number of carboxylic acid groups (broad SMARTS) is 1. The lowest BCUT2D eigenvalue weighted by atomic mass is 9.92. The van der Waals surface area contributed by atoms with Crippen molar-refractivity contribution in [1.29, 1.82) is 0 Å². The highest BCUT2D eigenvalue weighted by atomic mass is 32.2. The Morgan fingerprint density at radius 2 is 2.11 bits per heavy atom. The molecule has 0 aromatic rings. The molecule has 1 heterocycles. The molecule has 0 aliphatic carbocycles. The van der Waals surface area contributed by atoms with Crippen molar-refractivity contribution in [3.8, 4) is 0 Å². The summed E-state index contributed by atoms with van der Waals surface area (Å²) >= 11 is 6.46. The molecule has 1 saturated heterocycles. The average Bonchev–Trinajstić information content (AvgIpc) is 2.52. The van der Waals surface area contributed by atoms with E-state index in [1.165, 1.54) is 16.7 Å². The molecule has 19 heavy (non-hydrogen) atoms. The molecule has 1 rings (SSSR count). The van der Waals surface area contributed by atoms with Crippen molar-refractivity contribution >= 4 is 40.2 Å². The molecule has 1 amide bonds. The second-order valence-corrected chi connectivity index (χ2v) is 7.33. The third-order valence-corrected chi connectivity index (χ3v) is 3.97. The zero-order valence-corrected chi connectivity index (χ0v) is 13.1. The number of thioether (sulfide) groups is 1. The van der Waals surface area contributed by atoms with Crippen LogP contribution in [0, 0.1) is 5.41 Å². The largest absolute Gasteiger partial charge is 0.481 e. The molecule has 1 aliphatic heterocycles. The zero-order chi connectivity index (χ0) is 14.6. The van der Waals surface area contributed by atoms with E-state index in [2.05, 4.69) is 20.8 Å². The van der Waals surface area contributed by atoms with Gasteiger partial charge in [-0.2, -0.15) is 0 Å². The summed E-state index contributed by atoms with van der Waals surface area (Å²) in [6.07, 6.45) is 3.22. The molecule has 0 aromatic carbocycles. The second-order valence-electron chi connectivity index (χ2n) is 5.66. The molecule has 6 heteroatoms. The van der Waals surface area contributed by atoms with Crippen LogP contribution in [-0.2, 0) is 9.59 Å². The lowest BCUT2D eigenvalue weighted by Crippen LogP contribution is -2.29. The summed E-state index contributed by atoms with van der Waals surface area (Å²) in [6.45, 7) is 6.70. The van der Waals surface area contributed by atoms with Crippen LogP contribution in [0.1, 0.15) is 40.0 Å². The number of aliphatic carboxylic acids is 1. The van der Waals surface area contributed by atoms with Crippen LogP contribution in [0.4, 0.5) is 0 Å². The number of allylic oxidation sites excluding steroid dienone is 1. The molecule has 0 saturated carbocycles. The Hall–Kier alpha value is -0.880. The predicted octanol–water partition coefficient (Wildman–Crippen LogP) is 3.03. The minimum absolute atomic E-state index is 0.0537. The van der Waals surface area contributed by atoms with E-state index >= 15 is 0 Å². The fourth-order valence-electron chi connectivity index (χ4n) is 1.52. The number of hydrogen-bond acceptors (Lipinski definition) is 4. The van der Waals surface area contributed by atoms with Gasteiger partial charge in [-0.1, -0.05) is 50.8 Å². The maximum Gasteiger partial charge on any atom is 0.303 e. The normalized spacial score (nSPS) is 18.5. The van der Waals surface area contributed by atoms with Crippen LogP contribution < -0.4 is 0 Å². The number of carboxylic acids is 1. The summed E-state index contributed by atoms with van der Waals surface area (Å²) in [7, 11) is 0. The Morgan fingerprint density at radius 1 is 1.47 bits per heavy atom. The summed E-state index contributed by atoms with van der Waals surface area (Å²) in [5.41, 5.74) is 0.131. The van der Waals surface area contributed by atoms with Crippen molar-refractivity contribution in [1.82, 2.24) is 4.90 Å². The minimum atomic E-state index is -0.853. The average molecular weight is 301 g/mol. The molecule has 0 atom stereocenters. The first-order valence-corrected chi connectivity index (χ1v) is 7.39. The monoisotopic (exact) mass is 301 g/mol. The van der Waals surface area contributed by atoms with Crippen molar-refractivity contribution in [2.24, 2.45) is 5.41 Å². The lowest BCUT2D eigenvalue weighted by Gasteiger charge is -2.15. The highest BCUT2D eigenvalue weighted by Crippen LogP contribution is 2.33. The molecular formula is C13H19NO3S2. The summed E-state index contributed by atoms with van der Waals surface area (Å²) in [6, 6.07) is 0. The summed E-state index contributed by atoms with van der Waals surface area (Å²) in [4.78, 5) is 24.7. The van der Waals surface area contributed by atoms with Gasteiger partial charge in [-0.05, 0) is 18.3 Å². The van der Waals surface area contributed by atoms with Gasteiger partial charge < -0.3 is 5.11 Å². The van der Waals surface area contributed by atoms with Crippen LogP contribution in [0.3, 0.4) is 0 Å². The van der Waals surface area contributed by atoms with Crippen LogP contribution >= 0.6 is 24.0 Å². The standard InChI is InChI=1S/C13H19NO3S2/c1-13(2,3)7-6-9-11(17)14(12(18)19-9)8-4-5-10(15)16/h6H,4-5,7-8H2,1-3H3,(H,15,16)/b9-6-. The van der Waals surface area contributed by atoms with Crippen molar-refractivity contribution in [3.63, 3.8) is 0 Å². The first-order valence-electron chi connectivity index (χ1n) is 6.16. The van der Waals surface area contributed by atoms with Gasteiger partial charge in [0.15, 0.2) is 0 Å². The van der Waals surface area contributed by atoms with Gasteiger partial charge in [-0.15, -0.1) is 0 Å². The Kier molecular flexibility index (Phi) is 5.55. The maximum atomic E-state index is 12.1. The molecular weight excluding hydrogens is 282 g/mol. The maximum absolute atomic E-state index is 12.1. The summed E-state index contributed by atoms with van der Waals surface area (Å²) < 4.78 is 0.524. The Morgan fingerprint density at radius 3 is 2.63 bits per heavy atom. The Balaban J connectivity index is 2.60. The number of carbonyl (C=O) groups excluding carboxylic acids is 1. The van der Waals surface area contributed by atoms with Crippen LogP contribution in [0.25, 0.3) is 0 Å². The summed E-state index contributed by atoms with van der Waals surface area (Å²) in [5, 5.41) is 8.59. The van der Waals surface area contributed by atoms with E-state index in [0.717, 1.165) is 6.42 Å². The number of thiocarbonyl (C=S) groups is 1. The molecule has 0 spiro atoms. The molecule has 0 bridgehead atoms. The van der Waals surface area contributed by atoms with E-state index in [-0.39, 0.29) is 17.7 Å². The first kappa shape index (κ1) is 16.2. The predicted molar refractivity (Wildman–Crippen MR) is 80.9 cm³/mol. The molecule has 1 aliphatic rings. The number of hydrogen-bond donors (Lipinski definition) is 1. The Labute approximate surface area is 123 Å². The Bertz CT molecular complexity index is 424.